The van der Waals surface area contributed by atoms with E-state index in [-0.39, 0.29) is 10.7 Å². The predicted octanol–water partition coefficient (Wildman–Crippen LogP) is 4.61. The van der Waals surface area contributed by atoms with Crippen molar-refractivity contribution in [1.29, 1.82) is 0 Å². The molecule has 1 atom stereocenters. The van der Waals surface area contributed by atoms with Crippen molar-refractivity contribution in [3.8, 4) is 0 Å². The number of nitrogens with one attached hydrogen (secondary N) is 1. The van der Waals surface area contributed by atoms with Crippen molar-refractivity contribution in [3.63, 3.8) is 0 Å². The van der Waals surface area contributed by atoms with Crippen molar-refractivity contribution in [2.45, 2.75) is 17.9 Å². The lowest BCUT2D eigenvalue weighted by Gasteiger charge is -2.20. The van der Waals surface area contributed by atoms with Crippen LogP contribution in [0.25, 0.3) is 0 Å². The van der Waals surface area contributed by atoms with Crippen LogP contribution in [0.3, 0.4) is 0 Å². The first kappa shape index (κ1) is 19.3. The van der Waals surface area contributed by atoms with E-state index in [1.54, 1.807) is 24.3 Å². The number of carbonyl (C=O) groups is 1. The molecule has 6 heteroatoms. The molecule has 4 nitrogen and oxygen atoms in total. The number of hydrogen-bond acceptors (Lipinski definition) is 3. The Morgan fingerprint density at radius 2 is 1.41 bits per heavy atom. The first-order valence-corrected chi connectivity index (χ1v) is 10.2. The Morgan fingerprint density at radius 3 is 1.96 bits per heavy atom. The van der Waals surface area contributed by atoms with Crippen LogP contribution in [0.15, 0.2) is 83.8 Å². The SMILES string of the molecule is CC(=O)c1ccc(S(=O)(=O)NC(c2ccccc2)c2ccc(Cl)cc2)cc1. The molecule has 0 aromatic heterocycles. The van der Waals surface area contributed by atoms with Gasteiger partial charge in [0, 0.05) is 10.6 Å². The van der Waals surface area contributed by atoms with Crippen molar-refractivity contribution >= 4 is 27.4 Å². The molecule has 0 fully saturated rings. The molecular formula is C21H18ClNO3S. The summed E-state index contributed by atoms with van der Waals surface area (Å²) in [6.45, 7) is 1.44. The minimum atomic E-state index is -3.80. The van der Waals surface area contributed by atoms with Gasteiger partial charge in [-0.05, 0) is 42.3 Å². The van der Waals surface area contributed by atoms with Gasteiger partial charge in [0.2, 0.25) is 10.0 Å². The molecular weight excluding hydrogens is 382 g/mol. The summed E-state index contributed by atoms with van der Waals surface area (Å²) in [5.74, 6) is -0.116. The number of ketones is 1. The standard InChI is InChI=1S/C21H18ClNO3S/c1-15(24)16-9-13-20(14-10-16)27(25,26)23-21(17-5-3-2-4-6-17)18-7-11-19(22)12-8-18/h2-14,21,23H,1H3. The zero-order valence-corrected chi connectivity index (χ0v) is 16.2. The quantitative estimate of drug-likeness (QED) is 0.615. The minimum Gasteiger partial charge on any atom is -0.295 e. The van der Waals surface area contributed by atoms with E-state index in [2.05, 4.69) is 4.72 Å². The van der Waals surface area contributed by atoms with Gasteiger partial charge in [-0.25, -0.2) is 8.42 Å². The molecule has 1 unspecified atom stereocenters. The van der Waals surface area contributed by atoms with Gasteiger partial charge in [0.15, 0.2) is 5.78 Å². The molecule has 0 radical (unpaired) electrons. The number of halogens is 1. The fourth-order valence-electron chi connectivity index (χ4n) is 2.72. The first-order chi connectivity index (χ1) is 12.9. The molecule has 1 N–H and O–H groups in total. The molecule has 0 spiro atoms. The Morgan fingerprint density at radius 1 is 0.852 bits per heavy atom. The number of Topliss-reactive ketones (excluding diaryl/α,β-unsaturated/α-hetero) is 1. The number of benzene rings is 3. The van der Waals surface area contributed by atoms with Gasteiger partial charge in [0.1, 0.15) is 0 Å². The Bertz CT molecular complexity index is 1030. The minimum absolute atomic E-state index is 0.0994. The lowest BCUT2D eigenvalue weighted by atomic mass is 10.00. The molecule has 0 bridgehead atoms. The molecule has 0 heterocycles. The van der Waals surface area contributed by atoms with E-state index in [9.17, 15) is 13.2 Å². The van der Waals surface area contributed by atoms with Crippen molar-refractivity contribution in [1.82, 2.24) is 4.72 Å². The van der Waals surface area contributed by atoms with Gasteiger partial charge >= 0.3 is 0 Å². The Balaban J connectivity index is 1.98. The van der Waals surface area contributed by atoms with Crippen LogP contribution in [-0.2, 0) is 10.0 Å². The summed E-state index contributed by atoms with van der Waals surface area (Å²) >= 11 is 5.97. The third kappa shape index (κ3) is 4.63. The van der Waals surface area contributed by atoms with Gasteiger partial charge in [0.25, 0.3) is 0 Å². The number of hydrogen-bond donors (Lipinski definition) is 1. The highest BCUT2D eigenvalue weighted by molar-refractivity contribution is 7.89. The van der Waals surface area contributed by atoms with Gasteiger partial charge in [-0.2, -0.15) is 4.72 Å². The van der Waals surface area contributed by atoms with Crippen LogP contribution in [0.2, 0.25) is 5.02 Å². The largest absolute Gasteiger partial charge is 0.295 e. The fourth-order valence-corrected chi connectivity index (χ4v) is 4.06. The number of rotatable bonds is 6. The van der Waals surface area contributed by atoms with E-state index in [1.807, 2.05) is 30.3 Å². The van der Waals surface area contributed by atoms with Crippen LogP contribution < -0.4 is 4.72 Å². The second-order valence-corrected chi connectivity index (χ2v) is 8.25. The van der Waals surface area contributed by atoms with E-state index in [4.69, 9.17) is 11.6 Å². The van der Waals surface area contributed by atoms with E-state index < -0.39 is 16.1 Å². The molecule has 0 saturated heterocycles. The lowest BCUT2D eigenvalue weighted by Crippen LogP contribution is -2.29. The Kier molecular flexibility index (Phi) is 5.75. The summed E-state index contributed by atoms with van der Waals surface area (Å²) in [6.07, 6.45) is 0. The second-order valence-electron chi connectivity index (χ2n) is 6.10. The van der Waals surface area contributed by atoms with Gasteiger partial charge in [-0.1, -0.05) is 66.2 Å². The van der Waals surface area contributed by atoms with E-state index in [0.29, 0.717) is 10.6 Å². The molecule has 27 heavy (non-hydrogen) atoms. The zero-order valence-electron chi connectivity index (χ0n) is 14.6. The average Bonchev–Trinajstić information content (AvgIpc) is 2.68. The van der Waals surface area contributed by atoms with Crippen LogP contribution in [-0.4, -0.2) is 14.2 Å². The molecule has 0 aliphatic carbocycles. The molecule has 0 aliphatic heterocycles. The summed E-state index contributed by atoms with van der Waals surface area (Å²) in [5.41, 5.74) is 2.05. The number of carbonyl (C=O) groups excluding carboxylic acids is 1. The molecule has 3 rings (SSSR count). The predicted molar refractivity (Wildman–Crippen MR) is 107 cm³/mol. The van der Waals surface area contributed by atoms with Gasteiger partial charge in [-0.3, -0.25) is 4.79 Å². The molecule has 0 saturated carbocycles. The van der Waals surface area contributed by atoms with Crippen molar-refractivity contribution in [2.75, 3.05) is 0 Å². The number of sulfonamides is 1. The van der Waals surface area contributed by atoms with E-state index in [1.165, 1.54) is 31.2 Å². The van der Waals surface area contributed by atoms with Crippen LogP contribution >= 0.6 is 11.6 Å². The maximum Gasteiger partial charge on any atom is 0.241 e. The first-order valence-electron chi connectivity index (χ1n) is 8.30. The van der Waals surface area contributed by atoms with Gasteiger partial charge < -0.3 is 0 Å². The van der Waals surface area contributed by atoms with Gasteiger partial charge in [0.05, 0.1) is 10.9 Å². The summed E-state index contributed by atoms with van der Waals surface area (Å²) in [4.78, 5) is 11.5. The van der Waals surface area contributed by atoms with Crippen molar-refractivity contribution < 1.29 is 13.2 Å². The molecule has 0 amide bonds. The van der Waals surface area contributed by atoms with Crippen LogP contribution in [0.5, 0.6) is 0 Å². The van der Waals surface area contributed by atoms with E-state index in [0.717, 1.165) is 11.1 Å². The molecule has 138 valence electrons. The van der Waals surface area contributed by atoms with Crippen LogP contribution in [0.1, 0.15) is 34.5 Å². The third-order valence-electron chi connectivity index (χ3n) is 4.18. The maximum absolute atomic E-state index is 12.9. The Hall–Kier alpha value is -2.47. The zero-order chi connectivity index (χ0) is 19.4. The third-order valence-corrected chi connectivity index (χ3v) is 5.87. The maximum atomic E-state index is 12.9. The average molecular weight is 400 g/mol. The second kappa shape index (κ2) is 8.05. The fraction of sp³-hybridized carbons (Fsp3) is 0.0952. The highest BCUT2D eigenvalue weighted by atomic mass is 35.5. The van der Waals surface area contributed by atoms with Crippen LogP contribution in [0, 0.1) is 0 Å². The molecule has 3 aromatic carbocycles. The van der Waals surface area contributed by atoms with E-state index >= 15 is 0 Å². The highest BCUT2D eigenvalue weighted by Crippen LogP contribution is 2.26. The van der Waals surface area contributed by atoms with Crippen molar-refractivity contribution in [2.24, 2.45) is 0 Å². The monoisotopic (exact) mass is 399 g/mol. The summed E-state index contributed by atoms with van der Waals surface area (Å²) in [5, 5.41) is 0.577. The topological polar surface area (TPSA) is 63.2 Å². The highest BCUT2D eigenvalue weighted by Gasteiger charge is 2.23. The van der Waals surface area contributed by atoms with Crippen LogP contribution in [0.4, 0.5) is 0 Å². The molecule has 3 aromatic rings. The summed E-state index contributed by atoms with van der Waals surface area (Å²) in [6, 6.07) is 21.7. The summed E-state index contributed by atoms with van der Waals surface area (Å²) < 4.78 is 28.6. The normalized spacial score (nSPS) is 12.5. The molecule has 0 aliphatic rings. The smallest absolute Gasteiger partial charge is 0.241 e. The van der Waals surface area contributed by atoms with Gasteiger partial charge in [-0.15, -0.1) is 0 Å². The summed E-state index contributed by atoms with van der Waals surface area (Å²) in [7, 11) is -3.80. The lowest BCUT2D eigenvalue weighted by molar-refractivity contribution is 0.101. The van der Waals surface area contributed by atoms with Crippen molar-refractivity contribution in [3.05, 3.63) is 101 Å². The Labute approximate surface area is 163 Å².